The van der Waals surface area contributed by atoms with Crippen molar-refractivity contribution in [2.45, 2.75) is 65.2 Å². The van der Waals surface area contributed by atoms with E-state index in [1.165, 1.54) is 9.58 Å². The predicted octanol–water partition coefficient (Wildman–Crippen LogP) is 6.25. The maximum Gasteiger partial charge on any atom is 0.435 e. The monoisotopic (exact) mass is 565 g/mol. The van der Waals surface area contributed by atoms with Gasteiger partial charge in [0.15, 0.2) is 17.2 Å². The number of hydrogen-bond donors (Lipinski definition) is 0. The van der Waals surface area contributed by atoms with Crippen molar-refractivity contribution in [2.24, 2.45) is 5.41 Å². The molecule has 0 saturated carbocycles. The quantitative estimate of drug-likeness (QED) is 0.293. The minimum atomic E-state index is -4.70. The van der Waals surface area contributed by atoms with Crippen LogP contribution in [0.3, 0.4) is 0 Å². The SMILES string of the molecule is Cc1nc2ccc(N(C)C(=O)c3cccc(-n4nc(C(F)(F)F)c5c4CC4CCC5N4C(=O)C(C)(C)C)c3)cc2o1. The fourth-order valence-corrected chi connectivity index (χ4v) is 6.04. The Hall–Kier alpha value is -4.15. The molecule has 2 amide bonds. The van der Waals surface area contributed by atoms with Crippen molar-refractivity contribution in [1.82, 2.24) is 19.7 Å². The Labute approximate surface area is 234 Å². The third-order valence-electron chi connectivity index (χ3n) is 7.94. The lowest BCUT2D eigenvalue weighted by molar-refractivity contribution is -0.147. The summed E-state index contributed by atoms with van der Waals surface area (Å²) in [6.45, 7) is 7.08. The van der Waals surface area contributed by atoms with Crippen molar-refractivity contribution in [3.8, 4) is 5.69 Å². The van der Waals surface area contributed by atoms with Gasteiger partial charge in [0.25, 0.3) is 5.91 Å². The fraction of sp³-hybridized carbons (Fsp3) is 0.400. The van der Waals surface area contributed by atoms with Crippen LogP contribution in [0.25, 0.3) is 16.8 Å². The van der Waals surface area contributed by atoms with Gasteiger partial charge >= 0.3 is 6.18 Å². The van der Waals surface area contributed by atoms with Crippen molar-refractivity contribution in [3.63, 3.8) is 0 Å². The number of carbonyl (C=O) groups excluding carboxylic acids is 2. The van der Waals surface area contributed by atoms with E-state index in [0.29, 0.717) is 52.5 Å². The average Bonchev–Trinajstić information content (AvgIpc) is 3.58. The van der Waals surface area contributed by atoms with Gasteiger partial charge in [-0.3, -0.25) is 9.59 Å². The molecule has 0 spiro atoms. The second-order valence-electron chi connectivity index (χ2n) is 11.8. The minimum absolute atomic E-state index is 0.0633. The molecule has 8 nitrogen and oxygen atoms in total. The number of alkyl halides is 3. The number of aromatic nitrogens is 3. The molecule has 4 heterocycles. The molecule has 2 bridgehead atoms. The molecule has 1 saturated heterocycles. The van der Waals surface area contributed by atoms with Gasteiger partial charge in [0.05, 0.1) is 17.4 Å². The van der Waals surface area contributed by atoms with Crippen molar-refractivity contribution in [2.75, 3.05) is 11.9 Å². The summed E-state index contributed by atoms with van der Waals surface area (Å²) in [5.41, 5.74) is 1.26. The average molecular weight is 566 g/mol. The molecule has 214 valence electrons. The van der Waals surface area contributed by atoms with Crippen LogP contribution in [-0.2, 0) is 17.4 Å². The predicted molar refractivity (Wildman–Crippen MR) is 146 cm³/mol. The highest BCUT2D eigenvalue weighted by molar-refractivity contribution is 6.06. The van der Waals surface area contributed by atoms with Crippen LogP contribution in [0.15, 0.2) is 46.9 Å². The van der Waals surface area contributed by atoms with E-state index in [-0.39, 0.29) is 29.8 Å². The van der Waals surface area contributed by atoms with Crippen LogP contribution in [0.1, 0.15) is 72.9 Å². The summed E-state index contributed by atoms with van der Waals surface area (Å²) in [5, 5.41) is 4.06. The lowest BCUT2D eigenvalue weighted by Gasteiger charge is -2.39. The Balaban J connectivity index is 1.38. The first kappa shape index (κ1) is 27.0. The normalized spacial score (nSPS) is 18.6. The second-order valence-corrected chi connectivity index (χ2v) is 11.8. The maximum atomic E-state index is 14.4. The van der Waals surface area contributed by atoms with E-state index in [4.69, 9.17) is 4.42 Å². The van der Waals surface area contributed by atoms with Crippen LogP contribution < -0.4 is 4.90 Å². The van der Waals surface area contributed by atoms with Gasteiger partial charge in [-0.2, -0.15) is 18.3 Å². The number of nitrogens with zero attached hydrogens (tertiary/aromatic N) is 5. The van der Waals surface area contributed by atoms with Crippen LogP contribution in [-0.4, -0.2) is 44.6 Å². The van der Waals surface area contributed by atoms with E-state index in [1.807, 2.05) is 0 Å². The Morgan fingerprint density at radius 1 is 1.07 bits per heavy atom. The van der Waals surface area contributed by atoms with Crippen molar-refractivity contribution >= 4 is 28.6 Å². The zero-order valence-electron chi connectivity index (χ0n) is 23.4. The number of hydrogen-bond acceptors (Lipinski definition) is 5. The zero-order chi connectivity index (χ0) is 29.4. The number of aryl methyl sites for hydroxylation is 1. The van der Waals surface area contributed by atoms with Crippen LogP contribution in [0.2, 0.25) is 0 Å². The molecule has 2 aromatic heterocycles. The van der Waals surface area contributed by atoms with Crippen LogP contribution in [0, 0.1) is 12.3 Å². The summed E-state index contributed by atoms with van der Waals surface area (Å²) in [6.07, 6.45) is -3.37. The largest absolute Gasteiger partial charge is 0.441 e. The third-order valence-corrected chi connectivity index (χ3v) is 7.94. The Morgan fingerprint density at radius 3 is 2.54 bits per heavy atom. The lowest BCUT2D eigenvalue weighted by atomic mass is 9.90. The number of amides is 2. The summed E-state index contributed by atoms with van der Waals surface area (Å²) < 4.78 is 50.0. The lowest BCUT2D eigenvalue weighted by Crippen LogP contribution is -2.47. The third kappa shape index (κ3) is 4.47. The first-order valence-corrected chi connectivity index (χ1v) is 13.5. The molecule has 2 unspecified atom stereocenters. The van der Waals surface area contributed by atoms with Crippen molar-refractivity contribution in [1.29, 1.82) is 0 Å². The molecule has 2 atom stereocenters. The highest BCUT2D eigenvalue weighted by atomic mass is 19.4. The Morgan fingerprint density at radius 2 is 1.83 bits per heavy atom. The van der Waals surface area contributed by atoms with Gasteiger partial charge in [0.1, 0.15) is 5.52 Å². The van der Waals surface area contributed by atoms with Crippen LogP contribution in [0.5, 0.6) is 0 Å². The Kier molecular flexibility index (Phi) is 6.06. The molecule has 0 radical (unpaired) electrons. The molecule has 2 aliphatic heterocycles. The molecule has 0 N–H and O–H groups in total. The highest BCUT2D eigenvalue weighted by Crippen LogP contribution is 2.50. The molecule has 0 aliphatic carbocycles. The molecular formula is C30H30F3N5O3. The first-order chi connectivity index (χ1) is 19.2. The maximum absolute atomic E-state index is 14.4. The molecular weight excluding hydrogens is 535 g/mol. The number of carbonyl (C=O) groups is 2. The fourth-order valence-electron chi connectivity index (χ4n) is 6.04. The summed E-state index contributed by atoms with van der Waals surface area (Å²) in [4.78, 5) is 34.1. The minimum Gasteiger partial charge on any atom is -0.441 e. The van der Waals surface area contributed by atoms with Crippen LogP contribution in [0.4, 0.5) is 18.9 Å². The molecule has 2 aliphatic rings. The molecule has 41 heavy (non-hydrogen) atoms. The molecule has 11 heteroatoms. The van der Waals surface area contributed by atoms with Gasteiger partial charge in [0.2, 0.25) is 5.91 Å². The highest BCUT2D eigenvalue weighted by Gasteiger charge is 2.51. The second kappa shape index (κ2) is 9.19. The van der Waals surface area contributed by atoms with Gasteiger partial charge in [-0.05, 0) is 43.2 Å². The van der Waals surface area contributed by atoms with E-state index < -0.39 is 23.3 Å². The van der Waals surface area contributed by atoms with Gasteiger partial charge in [-0.15, -0.1) is 0 Å². The topological polar surface area (TPSA) is 84.5 Å². The smallest absolute Gasteiger partial charge is 0.435 e. The summed E-state index contributed by atoms with van der Waals surface area (Å²) in [6, 6.07) is 10.8. The van der Waals surface area contributed by atoms with Gasteiger partial charge < -0.3 is 14.2 Å². The molecule has 2 aromatic carbocycles. The van der Waals surface area contributed by atoms with Gasteiger partial charge in [-0.1, -0.05) is 26.8 Å². The van der Waals surface area contributed by atoms with E-state index in [2.05, 4.69) is 10.1 Å². The van der Waals surface area contributed by atoms with Gasteiger partial charge in [-0.25, -0.2) is 9.67 Å². The van der Waals surface area contributed by atoms with Crippen molar-refractivity contribution in [3.05, 3.63) is 70.9 Å². The number of oxazole rings is 1. The van der Waals surface area contributed by atoms with E-state index in [9.17, 15) is 22.8 Å². The van der Waals surface area contributed by atoms with E-state index in [0.717, 1.165) is 0 Å². The number of halogens is 3. The number of rotatable bonds is 3. The van der Waals surface area contributed by atoms with Crippen molar-refractivity contribution < 1.29 is 27.2 Å². The standard InChI is InChI=1S/C30H30F3N5O3/c1-16-34-21-11-9-18(15-24(21)41-16)36(5)27(39)17-7-6-8-20(13-17)38-23-14-19-10-12-22(37(19)28(40)29(2,3)4)25(23)26(35-38)30(31,32)33/h6-9,11,13,15,19,22H,10,12,14H2,1-5H3. The van der Waals surface area contributed by atoms with Gasteiger partial charge in [0, 0.05) is 54.7 Å². The summed E-state index contributed by atoms with van der Waals surface area (Å²) >= 11 is 0. The number of benzene rings is 2. The van der Waals surface area contributed by atoms with E-state index in [1.54, 1.807) is 82.1 Å². The molecule has 1 fully saturated rings. The number of anilines is 1. The van der Waals surface area contributed by atoms with Crippen LogP contribution >= 0.6 is 0 Å². The van der Waals surface area contributed by atoms with E-state index >= 15 is 0 Å². The zero-order valence-corrected chi connectivity index (χ0v) is 23.4. The Bertz CT molecular complexity index is 1700. The molecule has 4 aromatic rings. The molecule has 6 rings (SSSR count). The summed E-state index contributed by atoms with van der Waals surface area (Å²) in [7, 11) is 1.62. The number of fused-ring (bicyclic) bond motifs is 5. The summed E-state index contributed by atoms with van der Waals surface area (Å²) in [5.74, 6) is 0.00583. The first-order valence-electron chi connectivity index (χ1n) is 13.5.